The van der Waals surface area contributed by atoms with Gasteiger partial charge in [0.1, 0.15) is 0 Å². The number of amides is 2. The Kier molecular flexibility index (Phi) is 7.57. The van der Waals surface area contributed by atoms with E-state index in [2.05, 4.69) is 22.0 Å². The summed E-state index contributed by atoms with van der Waals surface area (Å²) in [6, 6.07) is 7.71. The highest BCUT2D eigenvalue weighted by Gasteiger charge is 2.29. The third kappa shape index (κ3) is 5.39. The monoisotopic (exact) mass is 406 g/mol. The molecule has 0 bridgehead atoms. The lowest BCUT2D eigenvalue weighted by molar-refractivity contribution is -0.135. The Morgan fingerprint density at radius 1 is 1.14 bits per heavy atom. The molecule has 0 aliphatic carbocycles. The minimum absolute atomic E-state index is 0.000867. The predicted octanol–water partition coefficient (Wildman–Crippen LogP) is 2.37. The van der Waals surface area contributed by atoms with Crippen molar-refractivity contribution >= 4 is 29.1 Å². The first-order valence-electron chi connectivity index (χ1n) is 10.4. The Labute approximate surface area is 172 Å². The fourth-order valence-corrected chi connectivity index (χ4v) is 4.31. The van der Waals surface area contributed by atoms with Crippen molar-refractivity contribution in [1.29, 1.82) is 0 Å². The molecule has 28 heavy (non-hydrogen) atoms. The second-order valence-electron chi connectivity index (χ2n) is 7.61. The summed E-state index contributed by atoms with van der Waals surface area (Å²) in [6.45, 7) is 7.00. The Balaban J connectivity index is 1.44. The van der Waals surface area contributed by atoms with Crippen molar-refractivity contribution in [3.63, 3.8) is 0 Å². The molecule has 0 aromatic heterocycles. The third-order valence-electron chi connectivity index (χ3n) is 5.65. The van der Waals surface area contributed by atoms with Crippen LogP contribution < -0.4 is 10.2 Å². The van der Waals surface area contributed by atoms with E-state index in [0.29, 0.717) is 13.1 Å². The van der Waals surface area contributed by atoms with E-state index in [4.69, 9.17) is 11.6 Å². The average molecular weight is 407 g/mol. The van der Waals surface area contributed by atoms with Gasteiger partial charge >= 0.3 is 0 Å². The van der Waals surface area contributed by atoms with E-state index in [1.807, 2.05) is 29.2 Å². The summed E-state index contributed by atoms with van der Waals surface area (Å²) in [4.78, 5) is 31.5. The summed E-state index contributed by atoms with van der Waals surface area (Å²) < 4.78 is 0. The number of nitrogens with one attached hydrogen (secondary N) is 1. The summed E-state index contributed by atoms with van der Waals surface area (Å²) in [6.07, 6.45) is 4.16. The maximum absolute atomic E-state index is 12.6. The fourth-order valence-electron chi connectivity index (χ4n) is 4.12. The van der Waals surface area contributed by atoms with Gasteiger partial charge in [0, 0.05) is 36.9 Å². The van der Waals surface area contributed by atoms with Gasteiger partial charge in [0.2, 0.25) is 11.8 Å². The van der Waals surface area contributed by atoms with Crippen LogP contribution in [0.3, 0.4) is 0 Å². The van der Waals surface area contributed by atoms with Crippen LogP contribution >= 0.6 is 11.6 Å². The van der Waals surface area contributed by atoms with Gasteiger partial charge in [-0.1, -0.05) is 31.0 Å². The zero-order chi connectivity index (χ0) is 19.9. The van der Waals surface area contributed by atoms with Crippen LogP contribution in [0.15, 0.2) is 24.3 Å². The molecule has 1 unspecified atom stereocenters. The fraction of sp³-hybridized carbons (Fsp3) is 0.619. The standard InChI is InChI=1S/C21H31ClN4O2/c1-2-9-25-10-4-3-8-19(25)21(28)23-16-20(27)26-13-11-24(12-14-26)18-7-5-6-17(22)15-18/h5-7,15,19H,2-4,8-14,16H2,1H3,(H,23,28). The van der Waals surface area contributed by atoms with Crippen LogP contribution in [-0.4, -0.2) is 73.5 Å². The summed E-state index contributed by atoms with van der Waals surface area (Å²) in [5.74, 6) is -0.00370. The molecule has 2 heterocycles. The minimum atomic E-state index is -0.0822. The number of rotatable bonds is 6. The molecule has 2 fully saturated rings. The van der Waals surface area contributed by atoms with Crippen molar-refractivity contribution < 1.29 is 9.59 Å². The van der Waals surface area contributed by atoms with Crippen molar-refractivity contribution in [2.24, 2.45) is 0 Å². The maximum atomic E-state index is 12.6. The molecule has 1 aromatic rings. The Morgan fingerprint density at radius 3 is 2.64 bits per heavy atom. The molecule has 2 aliphatic rings. The van der Waals surface area contributed by atoms with Gasteiger partial charge in [-0.2, -0.15) is 0 Å². The van der Waals surface area contributed by atoms with Gasteiger partial charge in [-0.05, 0) is 50.6 Å². The molecule has 2 aliphatic heterocycles. The SMILES string of the molecule is CCCN1CCCCC1C(=O)NCC(=O)N1CCN(c2cccc(Cl)c2)CC1. The molecule has 0 radical (unpaired) electrons. The Hall–Kier alpha value is -1.79. The summed E-state index contributed by atoms with van der Waals surface area (Å²) in [5.41, 5.74) is 1.08. The molecule has 1 N–H and O–H groups in total. The minimum Gasteiger partial charge on any atom is -0.368 e. The summed E-state index contributed by atoms with van der Waals surface area (Å²) in [5, 5.41) is 3.61. The lowest BCUT2D eigenvalue weighted by Crippen LogP contribution is -2.54. The Bertz CT molecular complexity index is 674. The number of anilines is 1. The second-order valence-corrected chi connectivity index (χ2v) is 8.05. The number of carbonyl (C=O) groups excluding carboxylic acids is 2. The molecular formula is C21H31ClN4O2. The van der Waals surface area contributed by atoms with Gasteiger partial charge < -0.3 is 15.1 Å². The molecule has 2 amide bonds. The third-order valence-corrected chi connectivity index (χ3v) is 5.88. The number of halogens is 1. The second kappa shape index (κ2) is 10.1. The zero-order valence-electron chi connectivity index (χ0n) is 16.7. The first kappa shape index (κ1) is 20.9. The van der Waals surface area contributed by atoms with Crippen LogP contribution in [0.25, 0.3) is 0 Å². The highest BCUT2D eigenvalue weighted by molar-refractivity contribution is 6.30. The van der Waals surface area contributed by atoms with Gasteiger partial charge in [0.05, 0.1) is 12.6 Å². The van der Waals surface area contributed by atoms with Crippen LogP contribution in [0.5, 0.6) is 0 Å². The topological polar surface area (TPSA) is 55.9 Å². The predicted molar refractivity (Wildman–Crippen MR) is 113 cm³/mol. The van der Waals surface area contributed by atoms with Crippen molar-refractivity contribution in [2.45, 2.75) is 38.6 Å². The normalized spacial score (nSPS) is 20.9. The Morgan fingerprint density at radius 2 is 1.93 bits per heavy atom. The number of benzene rings is 1. The summed E-state index contributed by atoms with van der Waals surface area (Å²) in [7, 11) is 0. The number of nitrogens with zero attached hydrogens (tertiary/aromatic N) is 3. The summed E-state index contributed by atoms with van der Waals surface area (Å²) >= 11 is 6.07. The van der Waals surface area contributed by atoms with E-state index in [1.54, 1.807) is 0 Å². The quantitative estimate of drug-likeness (QED) is 0.788. The van der Waals surface area contributed by atoms with Gasteiger partial charge in [0.25, 0.3) is 0 Å². The molecular weight excluding hydrogens is 376 g/mol. The van der Waals surface area contributed by atoms with E-state index in [9.17, 15) is 9.59 Å². The van der Waals surface area contributed by atoms with Crippen molar-refractivity contribution in [1.82, 2.24) is 15.1 Å². The van der Waals surface area contributed by atoms with E-state index in [-0.39, 0.29) is 24.4 Å². The van der Waals surface area contributed by atoms with Crippen molar-refractivity contribution in [3.8, 4) is 0 Å². The van der Waals surface area contributed by atoms with Crippen LogP contribution in [0.1, 0.15) is 32.6 Å². The smallest absolute Gasteiger partial charge is 0.242 e. The highest BCUT2D eigenvalue weighted by atomic mass is 35.5. The van der Waals surface area contributed by atoms with Crippen molar-refractivity contribution in [3.05, 3.63) is 29.3 Å². The van der Waals surface area contributed by atoms with Gasteiger partial charge in [-0.25, -0.2) is 0 Å². The number of likely N-dealkylation sites (tertiary alicyclic amines) is 1. The lowest BCUT2D eigenvalue weighted by atomic mass is 10.0. The zero-order valence-corrected chi connectivity index (χ0v) is 17.5. The van der Waals surface area contributed by atoms with E-state index in [1.165, 1.54) is 0 Å². The average Bonchev–Trinajstić information content (AvgIpc) is 2.72. The largest absolute Gasteiger partial charge is 0.368 e. The molecule has 6 nitrogen and oxygen atoms in total. The van der Waals surface area contributed by atoms with E-state index >= 15 is 0 Å². The molecule has 1 atom stereocenters. The highest BCUT2D eigenvalue weighted by Crippen LogP contribution is 2.21. The van der Waals surface area contributed by atoms with Crippen LogP contribution in [0.4, 0.5) is 5.69 Å². The number of piperidine rings is 1. The van der Waals surface area contributed by atoms with Gasteiger partial charge in [0.15, 0.2) is 0 Å². The molecule has 7 heteroatoms. The molecule has 154 valence electrons. The number of hydrogen-bond donors (Lipinski definition) is 1. The first-order chi connectivity index (χ1) is 13.6. The van der Waals surface area contributed by atoms with Crippen LogP contribution in [0, 0.1) is 0 Å². The molecule has 2 saturated heterocycles. The first-order valence-corrected chi connectivity index (χ1v) is 10.8. The number of carbonyl (C=O) groups is 2. The molecule has 0 spiro atoms. The lowest BCUT2D eigenvalue weighted by Gasteiger charge is -2.37. The van der Waals surface area contributed by atoms with Crippen LogP contribution in [0.2, 0.25) is 5.02 Å². The maximum Gasteiger partial charge on any atom is 0.242 e. The number of hydrogen-bond acceptors (Lipinski definition) is 4. The van der Waals surface area contributed by atoms with Crippen molar-refractivity contribution in [2.75, 3.05) is 50.7 Å². The van der Waals surface area contributed by atoms with Crippen LogP contribution in [-0.2, 0) is 9.59 Å². The van der Waals surface area contributed by atoms with E-state index < -0.39 is 0 Å². The van der Waals surface area contributed by atoms with Gasteiger partial charge in [-0.3, -0.25) is 14.5 Å². The molecule has 0 saturated carbocycles. The molecule has 1 aromatic carbocycles. The van der Waals surface area contributed by atoms with Gasteiger partial charge in [-0.15, -0.1) is 0 Å². The molecule has 3 rings (SSSR count). The number of piperazine rings is 1. The van der Waals surface area contributed by atoms with E-state index in [0.717, 1.165) is 62.6 Å².